The van der Waals surface area contributed by atoms with Crippen LogP contribution in [0.4, 0.5) is 0 Å². The van der Waals surface area contributed by atoms with E-state index in [2.05, 4.69) is 52.4 Å². The summed E-state index contributed by atoms with van der Waals surface area (Å²) in [6, 6.07) is 0. The fourth-order valence-corrected chi connectivity index (χ4v) is 37.6. The van der Waals surface area contributed by atoms with Crippen LogP contribution in [-0.4, -0.2) is 31.2 Å². The maximum atomic E-state index is 6.60. The molecule has 1 rings (SSSR count). The number of hydrogen-bond donors (Lipinski definition) is 0. The summed E-state index contributed by atoms with van der Waals surface area (Å²) >= 11 is 0. The van der Waals surface area contributed by atoms with Crippen LogP contribution < -0.4 is 68.9 Å². The van der Waals surface area contributed by atoms with Crippen LogP contribution in [-0.2, 0) is 4.12 Å². The molecule has 0 unspecified atom stereocenters. The SMILES string of the molecule is C[Si]1(C)[N-][Si](C)(C)[Si](C)(C)O[Si]1(C)C.[Cs+]. The van der Waals surface area contributed by atoms with Crippen LogP contribution >= 0.6 is 0 Å². The van der Waals surface area contributed by atoms with Gasteiger partial charge in [-0.25, -0.2) is 0 Å². The number of rotatable bonds is 0. The van der Waals surface area contributed by atoms with Crippen LogP contribution in [0.25, 0.3) is 4.65 Å². The minimum Gasteiger partial charge on any atom is -0.667 e. The first-order chi connectivity index (χ1) is 5.91. The Labute approximate surface area is 158 Å². The standard InChI is InChI=1S/C8H24NOSi4.Cs/c1-11(2)9-12(3,4)14(7,8)10-13(11,5)6;/h1-8H3;/q-1;+1. The molecule has 1 aliphatic heterocycles. The Bertz CT molecular complexity index is 205. The van der Waals surface area contributed by atoms with Crippen LogP contribution in [0.3, 0.4) is 0 Å². The van der Waals surface area contributed by atoms with Gasteiger partial charge in [0.1, 0.15) is 15.7 Å². The minimum atomic E-state index is -1.47. The van der Waals surface area contributed by atoms with E-state index in [0.717, 1.165) is 0 Å². The molecule has 0 aromatic carbocycles. The van der Waals surface area contributed by atoms with E-state index in [1.54, 1.807) is 0 Å². The zero-order valence-electron chi connectivity index (χ0n) is 11.9. The number of nitrogens with zero attached hydrogens (tertiary/aromatic N) is 1. The zero-order valence-corrected chi connectivity index (χ0v) is 22.1. The van der Waals surface area contributed by atoms with Crippen LogP contribution in [0.2, 0.25) is 52.4 Å². The Morgan fingerprint density at radius 1 is 0.667 bits per heavy atom. The van der Waals surface area contributed by atoms with Crippen molar-refractivity contribution in [3.05, 3.63) is 4.65 Å². The molecule has 1 saturated heterocycles. The molecule has 1 heterocycles. The quantitative estimate of drug-likeness (QED) is 0.544. The molecule has 0 N–H and O–H groups in total. The molecule has 0 aromatic rings. The van der Waals surface area contributed by atoms with Gasteiger partial charge in [0, 0.05) is 0 Å². The summed E-state index contributed by atoms with van der Waals surface area (Å²) in [6.07, 6.45) is 0. The first kappa shape index (κ1) is 17.8. The van der Waals surface area contributed by atoms with E-state index >= 15 is 0 Å². The Morgan fingerprint density at radius 2 is 0.933 bits per heavy atom. The molecule has 1 aliphatic rings. The molecule has 0 aromatic heterocycles. The van der Waals surface area contributed by atoms with E-state index in [1.807, 2.05) is 0 Å². The van der Waals surface area contributed by atoms with E-state index in [9.17, 15) is 0 Å². The molecule has 0 amide bonds. The van der Waals surface area contributed by atoms with E-state index in [0.29, 0.717) is 0 Å². The Morgan fingerprint density at radius 3 is 1.13 bits per heavy atom. The smallest absolute Gasteiger partial charge is 0.667 e. The molecule has 0 atom stereocenters. The van der Waals surface area contributed by atoms with Crippen LogP contribution in [0.15, 0.2) is 0 Å². The zero-order chi connectivity index (χ0) is 11.4. The fraction of sp³-hybridized carbons (Fsp3) is 1.00. The molecule has 0 radical (unpaired) electrons. The summed E-state index contributed by atoms with van der Waals surface area (Å²) in [4.78, 5) is 0. The topological polar surface area (TPSA) is 23.3 Å². The average Bonchev–Trinajstić information content (AvgIpc) is 1.78. The number of hydrogen-bond acceptors (Lipinski definition) is 1. The first-order valence-electron chi connectivity index (χ1n) is 5.36. The van der Waals surface area contributed by atoms with E-state index in [-0.39, 0.29) is 68.9 Å². The molecule has 84 valence electrons. The van der Waals surface area contributed by atoms with Gasteiger partial charge in [-0.3, -0.25) is 0 Å². The molecule has 0 bridgehead atoms. The third-order valence-electron chi connectivity index (χ3n) is 4.02. The van der Waals surface area contributed by atoms with E-state index in [1.165, 1.54) is 0 Å². The van der Waals surface area contributed by atoms with Crippen molar-refractivity contribution in [2.24, 2.45) is 0 Å². The van der Waals surface area contributed by atoms with Gasteiger partial charge in [-0.1, -0.05) is 52.4 Å². The molecule has 7 heteroatoms. The summed E-state index contributed by atoms with van der Waals surface area (Å²) < 4.78 is 11.9. The summed E-state index contributed by atoms with van der Waals surface area (Å²) in [7, 11) is -5.76. The van der Waals surface area contributed by atoms with Crippen LogP contribution in [0.5, 0.6) is 0 Å². The summed E-state index contributed by atoms with van der Waals surface area (Å²) in [5, 5.41) is 0. The van der Waals surface area contributed by atoms with Crippen molar-refractivity contribution >= 4 is 31.2 Å². The molecule has 2 nitrogen and oxygen atoms in total. The van der Waals surface area contributed by atoms with Gasteiger partial charge >= 0.3 is 68.9 Å². The van der Waals surface area contributed by atoms with Gasteiger partial charge in [0.2, 0.25) is 0 Å². The third kappa shape index (κ3) is 3.44. The van der Waals surface area contributed by atoms with Crippen LogP contribution in [0.1, 0.15) is 0 Å². The van der Waals surface area contributed by atoms with Crippen molar-refractivity contribution in [2.75, 3.05) is 0 Å². The molecule has 1 fully saturated rings. The average molecular weight is 396 g/mol. The van der Waals surface area contributed by atoms with Gasteiger partial charge in [-0.2, -0.15) is 0 Å². The van der Waals surface area contributed by atoms with Gasteiger partial charge in [-0.15, -0.1) is 0 Å². The second-order valence-corrected chi connectivity index (χ2v) is 34.9. The van der Waals surface area contributed by atoms with Gasteiger partial charge in [-0.05, 0) is 15.5 Å². The molecular weight excluding hydrogens is 371 g/mol. The monoisotopic (exact) mass is 395 g/mol. The molecule has 0 aliphatic carbocycles. The Kier molecular flexibility index (Phi) is 6.04. The summed E-state index contributed by atoms with van der Waals surface area (Å²) in [5.41, 5.74) is 0. The van der Waals surface area contributed by atoms with Crippen molar-refractivity contribution in [3.63, 3.8) is 0 Å². The molecule has 0 saturated carbocycles. The van der Waals surface area contributed by atoms with Crippen LogP contribution in [0, 0.1) is 0 Å². The Balaban J connectivity index is 0.00000196. The largest absolute Gasteiger partial charge is 1.00 e. The van der Waals surface area contributed by atoms with Crippen molar-refractivity contribution in [3.8, 4) is 0 Å². The second kappa shape index (κ2) is 5.08. The van der Waals surface area contributed by atoms with E-state index in [4.69, 9.17) is 8.76 Å². The minimum absolute atomic E-state index is 0. The summed E-state index contributed by atoms with van der Waals surface area (Å²) in [5.74, 6) is 0. The maximum Gasteiger partial charge on any atom is 1.00 e. The van der Waals surface area contributed by atoms with Gasteiger partial charge < -0.3 is 8.76 Å². The summed E-state index contributed by atoms with van der Waals surface area (Å²) in [6.45, 7) is 19.1. The first-order valence-corrected chi connectivity index (χ1v) is 19.1. The molecular formula is C8H24CsNOSi4. The molecule has 15 heavy (non-hydrogen) atoms. The molecule has 0 spiro atoms. The van der Waals surface area contributed by atoms with Crippen molar-refractivity contribution < 1.29 is 73.0 Å². The van der Waals surface area contributed by atoms with Crippen molar-refractivity contribution in [1.82, 2.24) is 0 Å². The maximum absolute atomic E-state index is 6.60. The predicted molar refractivity (Wildman–Crippen MR) is 74.4 cm³/mol. The second-order valence-electron chi connectivity index (χ2n) is 6.35. The third-order valence-corrected chi connectivity index (χ3v) is 40.0. The Hall–Kier alpha value is 2.84. The predicted octanol–water partition coefficient (Wildman–Crippen LogP) is 0.372. The van der Waals surface area contributed by atoms with Gasteiger partial charge in [0.15, 0.2) is 0 Å². The van der Waals surface area contributed by atoms with Crippen molar-refractivity contribution in [1.29, 1.82) is 0 Å². The normalized spacial score (nSPS) is 30.4. The van der Waals surface area contributed by atoms with Crippen molar-refractivity contribution in [2.45, 2.75) is 52.4 Å². The fourth-order valence-electron chi connectivity index (χ4n) is 1.86. The van der Waals surface area contributed by atoms with Gasteiger partial charge in [0.05, 0.1) is 0 Å². The van der Waals surface area contributed by atoms with E-state index < -0.39 is 31.2 Å². The van der Waals surface area contributed by atoms with Gasteiger partial charge in [0.25, 0.3) is 0 Å².